The fourth-order valence-electron chi connectivity index (χ4n) is 1.94. The number of rotatable bonds is 7. The summed E-state index contributed by atoms with van der Waals surface area (Å²) in [7, 11) is -1.74. The Morgan fingerprint density at radius 3 is 2.47 bits per heavy atom. The van der Waals surface area contributed by atoms with Crippen molar-refractivity contribution in [2.24, 2.45) is 5.73 Å². The lowest BCUT2D eigenvalue weighted by atomic mass is 10.1. The van der Waals surface area contributed by atoms with Crippen LogP contribution in [0.3, 0.4) is 0 Å². The SMILES string of the molecule is CCCCCN(C)S(=O)(=O)c1ccc(CN)c(C)c1. The zero-order chi connectivity index (χ0) is 14.5. The summed E-state index contributed by atoms with van der Waals surface area (Å²) in [5, 5.41) is 0. The van der Waals surface area contributed by atoms with E-state index in [1.807, 2.05) is 6.92 Å². The second kappa shape index (κ2) is 7.03. The number of sulfonamides is 1. The molecule has 108 valence electrons. The van der Waals surface area contributed by atoms with Crippen LogP contribution in [0, 0.1) is 6.92 Å². The van der Waals surface area contributed by atoms with Gasteiger partial charge >= 0.3 is 0 Å². The fourth-order valence-corrected chi connectivity index (χ4v) is 3.24. The third kappa shape index (κ3) is 4.03. The van der Waals surface area contributed by atoms with Crippen LogP contribution in [0.2, 0.25) is 0 Å². The van der Waals surface area contributed by atoms with Gasteiger partial charge in [-0.2, -0.15) is 0 Å². The molecule has 19 heavy (non-hydrogen) atoms. The third-order valence-electron chi connectivity index (χ3n) is 3.32. The molecule has 0 aliphatic rings. The Labute approximate surface area is 116 Å². The molecule has 0 spiro atoms. The van der Waals surface area contributed by atoms with Crippen LogP contribution in [0.1, 0.15) is 37.3 Å². The first kappa shape index (κ1) is 16.1. The maximum Gasteiger partial charge on any atom is 0.242 e. The van der Waals surface area contributed by atoms with E-state index in [0.29, 0.717) is 18.0 Å². The van der Waals surface area contributed by atoms with Crippen molar-refractivity contribution in [1.29, 1.82) is 0 Å². The molecule has 1 rings (SSSR count). The van der Waals surface area contributed by atoms with Gasteiger partial charge in [-0.05, 0) is 36.6 Å². The van der Waals surface area contributed by atoms with E-state index in [4.69, 9.17) is 5.73 Å². The van der Waals surface area contributed by atoms with Crippen molar-refractivity contribution in [3.63, 3.8) is 0 Å². The number of aryl methyl sites for hydroxylation is 1. The van der Waals surface area contributed by atoms with E-state index in [0.717, 1.165) is 30.4 Å². The number of hydrogen-bond donors (Lipinski definition) is 1. The lowest BCUT2D eigenvalue weighted by Crippen LogP contribution is -2.28. The first-order chi connectivity index (χ1) is 8.93. The minimum absolute atomic E-state index is 0.348. The molecule has 0 aliphatic carbocycles. The highest BCUT2D eigenvalue weighted by Gasteiger charge is 2.20. The fraction of sp³-hybridized carbons (Fsp3) is 0.571. The van der Waals surface area contributed by atoms with Gasteiger partial charge in [-0.3, -0.25) is 0 Å². The summed E-state index contributed by atoms with van der Waals surface area (Å²) in [5.41, 5.74) is 7.49. The van der Waals surface area contributed by atoms with Crippen molar-refractivity contribution in [1.82, 2.24) is 4.31 Å². The molecule has 0 bridgehead atoms. The topological polar surface area (TPSA) is 63.4 Å². The Morgan fingerprint density at radius 1 is 1.26 bits per heavy atom. The van der Waals surface area contributed by atoms with E-state index >= 15 is 0 Å². The van der Waals surface area contributed by atoms with Crippen molar-refractivity contribution in [3.05, 3.63) is 29.3 Å². The van der Waals surface area contributed by atoms with Gasteiger partial charge in [-0.1, -0.05) is 25.8 Å². The van der Waals surface area contributed by atoms with Crippen LogP contribution < -0.4 is 5.73 Å². The standard InChI is InChI=1S/C14H24N2O2S/c1-4-5-6-9-16(3)19(17,18)14-8-7-13(11-15)12(2)10-14/h7-8,10H,4-6,9,11,15H2,1-3H3. The van der Waals surface area contributed by atoms with Crippen LogP contribution in [0.15, 0.2) is 23.1 Å². The van der Waals surface area contributed by atoms with Gasteiger partial charge in [0.1, 0.15) is 0 Å². The Morgan fingerprint density at radius 2 is 1.95 bits per heavy atom. The largest absolute Gasteiger partial charge is 0.326 e. The van der Waals surface area contributed by atoms with E-state index in [1.54, 1.807) is 25.2 Å². The summed E-state index contributed by atoms with van der Waals surface area (Å²) in [6.07, 6.45) is 3.02. The van der Waals surface area contributed by atoms with Crippen LogP contribution in [-0.2, 0) is 16.6 Å². The highest BCUT2D eigenvalue weighted by Crippen LogP contribution is 2.18. The molecule has 2 N–H and O–H groups in total. The zero-order valence-electron chi connectivity index (χ0n) is 12.0. The molecule has 0 saturated carbocycles. The normalized spacial score (nSPS) is 12.1. The first-order valence-corrected chi connectivity index (χ1v) is 8.13. The van der Waals surface area contributed by atoms with Gasteiger partial charge < -0.3 is 5.73 Å². The predicted octanol–water partition coefficient (Wildman–Crippen LogP) is 2.26. The van der Waals surface area contributed by atoms with E-state index in [2.05, 4.69) is 6.92 Å². The number of hydrogen-bond acceptors (Lipinski definition) is 3. The highest BCUT2D eigenvalue weighted by atomic mass is 32.2. The molecule has 4 nitrogen and oxygen atoms in total. The molecule has 0 amide bonds. The lowest BCUT2D eigenvalue weighted by Gasteiger charge is -2.17. The number of unbranched alkanes of at least 4 members (excludes halogenated alkanes) is 2. The summed E-state index contributed by atoms with van der Waals surface area (Å²) in [6, 6.07) is 5.14. The molecule has 0 radical (unpaired) electrons. The first-order valence-electron chi connectivity index (χ1n) is 6.69. The Hall–Kier alpha value is -0.910. The zero-order valence-corrected chi connectivity index (χ0v) is 12.8. The van der Waals surface area contributed by atoms with E-state index in [9.17, 15) is 8.42 Å². The van der Waals surface area contributed by atoms with Crippen molar-refractivity contribution in [2.75, 3.05) is 13.6 Å². The van der Waals surface area contributed by atoms with Crippen LogP contribution in [-0.4, -0.2) is 26.3 Å². The quantitative estimate of drug-likeness (QED) is 0.781. The molecule has 0 saturated heterocycles. The summed E-state index contributed by atoms with van der Waals surface area (Å²) in [4.78, 5) is 0.348. The third-order valence-corrected chi connectivity index (χ3v) is 5.17. The molecule has 0 heterocycles. The van der Waals surface area contributed by atoms with Crippen LogP contribution in [0.5, 0.6) is 0 Å². The maximum absolute atomic E-state index is 12.4. The second-order valence-corrected chi connectivity index (χ2v) is 6.87. The maximum atomic E-state index is 12.4. The van der Waals surface area contributed by atoms with Crippen molar-refractivity contribution in [2.45, 2.75) is 44.6 Å². The average Bonchev–Trinajstić information content (AvgIpc) is 2.38. The smallest absolute Gasteiger partial charge is 0.242 e. The monoisotopic (exact) mass is 284 g/mol. The summed E-state index contributed by atoms with van der Waals surface area (Å²) < 4.78 is 26.2. The van der Waals surface area contributed by atoms with Crippen molar-refractivity contribution >= 4 is 10.0 Å². The molecule has 0 aromatic heterocycles. The number of benzene rings is 1. The molecular formula is C14H24N2O2S. The van der Waals surface area contributed by atoms with Gasteiger partial charge in [-0.15, -0.1) is 0 Å². The lowest BCUT2D eigenvalue weighted by molar-refractivity contribution is 0.454. The van der Waals surface area contributed by atoms with Gasteiger partial charge in [0.05, 0.1) is 4.90 Å². The number of nitrogens with zero attached hydrogens (tertiary/aromatic N) is 1. The molecule has 0 aliphatic heterocycles. The Kier molecular flexibility index (Phi) is 5.97. The van der Waals surface area contributed by atoms with Gasteiger partial charge in [0, 0.05) is 20.1 Å². The molecule has 1 aromatic rings. The molecule has 5 heteroatoms. The van der Waals surface area contributed by atoms with E-state index in [1.165, 1.54) is 4.31 Å². The van der Waals surface area contributed by atoms with Gasteiger partial charge in [0.15, 0.2) is 0 Å². The van der Waals surface area contributed by atoms with Crippen LogP contribution in [0.4, 0.5) is 0 Å². The van der Waals surface area contributed by atoms with Crippen molar-refractivity contribution in [3.8, 4) is 0 Å². The highest BCUT2D eigenvalue weighted by molar-refractivity contribution is 7.89. The minimum Gasteiger partial charge on any atom is -0.326 e. The van der Waals surface area contributed by atoms with E-state index < -0.39 is 10.0 Å². The molecule has 0 atom stereocenters. The van der Waals surface area contributed by atoms with Gasteiger partial charge in [-0.25, -0.2) is 12.7 Å². The molecular weight excluding hydrogens is 260 g/mol. The predicted molar refractivity (Wildman–Crippen MR) is 78.4 cm³/mol. The van der Waals surface area contributed by atoms with Crippen LogP contribution in [0.25, 0.3) is 0 Å². The summed E-state index contributed by atoms with van der Waals surface area (Å²) >= 11 is 0. The second-order valence-electron chi connectivity index (χ2n) is 4.83. The Bertz CT molecular complexity index is 512. The van der Waals surface area contributed by atoms with Gasteiger partial charge in [0.25, 0.3) is 0 Å². The summed E-state index contributed by atoms with van der Waals surface area (Å²) in [5.74, 6) is 0. The average molecular weight is 284 g/mol. The van der Waals surface area contributed by atoms with Crippen LogP contribution >= 0.6 is 0 Å². The summed E-state index contributed by atoms with van der Waals surface area (Å²) in [6.45, 7) is 4.98. The minimum atomic E-state index is -3.37. The van der Waals surface area contributed by atoms with Crippen molar-refractivity contribution < 1.29 is 8.42 Å². The van der Waals surface area contributed by atoms with E-state index in [-0.39, 0.29) is 0 Å². The molecule has 0 fully saturated rings. The molecule has 1 aromatic carbocycles. The number of nitrogens with two attached hydrogens (primary N) is 1. The molecule has 0 unspecified atom stereocenters. The Balaban J connectivity index is 2.90. The van der Waals surface area contributed by atoms with Gasteiger partial charge in [0.2, 0.25) is 10.0 Å².